The minimum Gasteiger partial charge on any atom is -0.497 e. The quantitative estimate of drug-likeness (QED) is 0.369. The van der Waals surface area contributed by atoms with Crippen molar-refractivity contribution in [1.29, 1.82) is 0 Å². The van der Waals surface area contributed by atoms with Gasteiger partial charge in [-0.2, -0.15) is 0 Å². The van der Waals surface area contributed by atoms with E-state index in [9.17, 15) is 14.4 Å². The van der Waals surface area contributed by atoms with E-state index in [2.05, 4.69) is 17.4 Å². The van der Waals surface area contributed by atoms with Crippen molar-refractivity contribution in [3.05, 3.63) is 54.1 Å². The van der Waals surface area contributed by atoms with E-state index in [-0.39, 0.29) is 11.8 Å². The van der Waals surface area contributed by atoms with Crippen LogP contribution in [0.5, 0.6) is 5.75 Å². The largest absolute Gasteiger partial charge is 0.497 e. The average Bonchev–Trinajstić information content (AvgIpc) is 3.42. The fraction of sp³-hybridized carbons (Fsp3) is 0.545. The van der Waals surface area contributed by atoms with Crippen molar-refractivity contribution in [2.24, 2.45) is 23.5 Å². The van der Waals surface area contributed by atoms with E-state index in [1.165, 1.54) is 12.8 Å². The van der Waals surface area contributed by atoms with Crippen LogP contribution in [0, 0.1) is 17.8 Å². The zero-order valence-corrected chi connectivity index (χ0v) is 24.1. The van der Waals surface area contributed by atoms with E-state index in [1.54, 1.807) is 7.11 Å². The number of benzene rings is 2. The monoisotopic (exact) mass is 547 g/mol. The second kappa shape index (κ2) is 14.3. The van der Waals surface area contributed by atoms with Crippen LogP contribution in [-0.4, -0.2) is 42.3 Å². The summed E-state index contributed by atoms with van der Waals surface area (Å²) in [6.45, 7) is 3.15. The maximum Gasteiger partial charge on any atom is 0.245 e. The number of nitrogens with zero attached hydrogens (tertiary/aromatic N) is 1. The number of hydrogen-bond acceptors (Lipinski definition) is 4. The molecule has 1 aliphatic heterocycles. The minimum atomic E-state index is -0.582. The summed E-state index contributed by atoms with van der Waals surface area (Å²) in [6, 6.07) is 15.6. The first-order valence-electron chi connectivity index (χ1n) is 15.0. The van der Waals surface area contributed by atoms with Gasteiger partial charge in [0.25, 0.3) is 0 Å². The Morgan fingerprint density at radius 3 is 2.40 bits per heavy atom. The van der Waals surface area contributed by atoms with Crippen molar-refractivity contribution in [2.75, 3.05) is 13.7 Å². The SMILES string of the molecule is CCCC(C(N)=O)C(CC1CCCC1)C(=O)N[C@H]1CCCCN(Cc2cccc(-c3ccc(OC)cc3)c2)C1=O. The van der Waals surface area contributed by atoms with Crippen LogP contribution in [0.4, 0.5) is 0 Å². The highest BCUT2D eigenvalue weighted by atomic mass is 16.5. The van der Waals surface area contributed by atoms with Crippen molar-refractivity contribution in [3.63, 3.8) is 0 Å². The van der Waals surface area contributed by atoms with E-state index in [4.69, 9.17) is 10.5 Å². The molecule has 0 aromatic heterocycles. The summed E-state index contributed by atoms with van der Waals surface area (Å²) in [6.07, 6.45) is 8.93. The highest BCUT2D eigenvalue weighted by molar-refractivity contribution is 5.91. The van der Waals surface area contributed by atoms with Gasteiger partial charge >= 0.3 is 0 Å². The van der Waals surface area contributed by atoms with Crippen molar-refractivity contribution in [2.45, 2.75) is 83.7 Å². The van der Waals surface area contributed by atoms with Gasteiger partial charge in [-0.05, 0) is 72.9 Å². The number of amides is 3. The molecule has 1 saturated heterocycles. The van der Waals surface area contributed by atoms with Crippen molar-refractivity contribution < 1.29 is 19.1 Å². The Balaban J connectivity index is 1.47. The van der Waals surface area contributed by atoms with Gasteiger partial charge in [0.15, 0.2) is 0 Å². The smallest absolute Gasteiger partial charge is 0.245 e. The maximum atomic E-state index is 13.7. The predicted molar refractivity (Wildman–Crippen MR) is 157 cm³/mol. The second-order valence-electron chi connectivity index (χ2n) is 11.5. The molecule has 2 fully saturated rings. The van der Waals surface area contributed by atoms with Gasteiger partial charge < -0.3 is 20.7 Å². The van der Waals surface area contributed by atoms with E-state index in [0.29, 0.717) is 38.3 Å². The van der Waals surface area contributed by atoms with Gasteiger partial charge in [-0.25, -0.2) is 0 Å². The van der Waals surface area contributed by atoms with Gasteiger partial charge in [0.1, 0.15) is 11.8 Å². The topological polar surface area (TPSA) is 102 Å². The molecule has 40 heavy (non-hydrogen) atoms. The van der Waals surface area contributed by atoms with E-state index < -0.39 is 23.8 Å². The van der Waals surface area contributed by atoms with Gasteiger partial charge in [-0.3, -0.25) is 14.4 Å². The third-order valence-electron chi connectivity index (χ3n) is 8.67. The fourth-order valence-corrected chi connectivity index (χ4v) is 6.44. The predicted octanol–water partition coefficient (Wildman–Crippen LogP) is 5.46. The van der Waals surface area contributed by atoms with Crippen molar-refractivity contribution in [1.82, 2.24) is 10.2 Å². The van der Waals surface area contributed by atoms with E-state index in [0.717, 1.165) is 54.5 Å². The Labute approximate surface area is 238 Å². The molecule has 3 N–H and O–H groups in total. The molecular formula is C33H45N3O4. The molecule has 1 heterocycles. The number of nitrogens with two attached hydrogens (primary N) is 1. The number of carbonyl (C=O) groups excluding carboxylic acids is 3. The van der Waals surface area contributed by atoms with Crippen molar-refractivity contribution >= 4 is 17.7 Å². The van der Waals surface area contributed by atoms with Gasteiger partial charge in [0, 0.05) is 24.9 Å². The molecule has 1 aliphatic carbocycles. The lowest BCUT2D eigenvalue weighted by Crippen LogP contribution is -2.50. The molecule has 0 radical (unpaired) electrons. The summed E-state index contributed by atoms with van der Waals surface area (Å²) in [7, 11) is 1.65. The van der Waals surface area contributed by atoms with Crippen LogP contribution in [0.15, 0.2) is 48.5 Å². The number of likely N-dealkylation sites (tertiary alicyclic amines) is 1. The molecule has 7 heteroatoms. The van der Waals surface area contributed by atoms with Gasteiger partial charge in [0.05, 0.1) is 7.11 Å². The molecule has 2 unspecified atom stereocenters. The Bertz CT molecular complexity index is 1140. The van der Waals surface area contributed by atoms with Crippen LogP contribution in [0.1, 0.15) is 76.7 Å². The normalized spacial score (nSPS) is 19.6. The molecule has 0 spiro atoms. The minimum absolute atomic E-state index is 0.0496. The lowest BCUT2D eigenvalue weighted by molar-refractivity contribution is -0.139. The summed E-state index contributed by atoms with van der Waals surface area (Å²) >= 11 is 0. The van der Waals surface area contributed by atoms with Crippen LogP contribution >= 0.6 is 0 Å². The number of hydrogen-bond donors (Lipinski definition) is 2. The molecule has 4 rings (SSSR count). The first kappa shape index (κ1) is 29.6. The Hall–Kier alpha value is -3.35. The zero-order chi connectivity index (χ0) is 28.5. The van der Waals surface area contributed by atoms with Gasteiger partial charge in [-0.1, -0.05) is 69.4 Å². The number of carbonyl (C=O) groups is 3. The molecule has 3 amide bonds. The molecule has 0 bridgehead atoms. The van der Waals surface area contributed by atoms with Crippen LogP contribution in [0.2, 0.25) is 0 Å². The zero-order valence-electron chi connectivity index (χ0n) is 24.1. The Kier molecular flexibility index (Phi) is 10.6. The number of nitrogens with one attached hydrogen (secondary N) is 1. The third kappa shape index (κ3) is 7.64. The summed E-state index contributed by atoms with van der Waals surface area (Å²) in [5, 5.41) is 3.09. The summed E-state index contributed by atoms with van der Waals surface area (Å²) in [5.41, 5.74) is 9.01. The molecule has 3 atom stereocenters. The number of rotatable bonds is 12. The number of methoxy groups -OCH3 is 1. The van der Waals surface area contributed by atoms with Gasteiger partial charge in [0.2, 0.25) is 17.7 Å². The third-order valence-corrected chi connectivity index (χ3v) is 8.67. The highest BCUT2D eigenvalue weighted by Crippen LogP contribution is 2.34. The van der Waals surface area contributed by atoms with Crippen molar-refractivity contribution in [3.8, 4) is 16.9 Å². The molecule has 7 nitrogen and oxygen atoms in total. The number of primary amides is 1. The first-order chi connectivity index (χ1) is 19.4. The standard InChI is InChI=1S/C33H45N3O4/c1-3-9-28(31(34)37)29(21-23-10-4-5-11-23)32(38)35-30-14-6-7-19-36(33(30)39)22-24-12-8-13-26(20-24)25-15-17-27(40-2)18-16-25/h8,12-13,15-18,20,23,28-30H,3-7,9-11,14,19,21-22H2,1-2H3,(H2,34,37)(H,35,38)/t28?,29?,30-/m0/s1. The number of ether oxygens (including phenoxy) is 1. The summed E-state index contributed by atoms with van der Waals surface area (Å²) < 4.78 is 5.28. The van der Waals surface area contributed by atoms with Crippen LogP contribution in [0.3, 0.4) is 0 Å². The van der Waals surface area contributed by atoms with Crippen LogP contribution in [0.25, 0.3) is 11.1 Å². The molecule has 216 valence electrons. The van der Waals surface area contributed by atoms with E-state index >= 15 is 0 Å². The molecular weight excluding hydrogens is 502 g/mol. The van der Waals surface area contributed by atoms with E-state index in [1.807, 2.05) is 48.2 Å². The Morgan fingerprint density at radius 2 is 1.73 bits per heavy atom. The lowest BCUT2D eigenvalue weighted by Gasteiger charge is -2.29. The molecule has 2 aliphatic rings. The first-order valence-corrected chi connectivity index (χ1v) is 15.0. The van der Waals surface area contributed by atoms with Crippen LogP contribution < -0.4 is 15.8 Å². The lowest BCUT2D eigenvalue weighted by atomic mass is 9.80. The fourth-order valence-electron chi connectivity index (χ4n) is 6.44. The summed E-state index contributed by atoms with van der Waals surface area (Å²) in [4.78, 5) is 41.7. The Morgan fingerprint density at radius 1 is 1.00 bits per heavy atom. The molecule has 2 aromatic rings. The maximum absolute atomic E-state index is 13.7. The molecule has 2 aromatic carbocycles. The molecule has 1 saturated carbocycles. The second-order valence-corrected chi connectivity index (χ2v) is 11.5. The van der Waals surface area contributed by atoms with Crippen LogP contribution in [-0.2, 0) is 20.9 Å². The van der Waals surface area contributed by atoms with Gasteiger partial charge in [-0.15, -0.1) is 0 Å². The summed E-state index contributed by atoms with van der Waals surface area (Å²) in [5.74, 6) is -0.378. The highest BCUT2D eigenvalue weighted by Gasteiger charge is 2.37. The average molecular weight is 548 g/mol.